The molecule has 1 aromatic carbocycles. The number of amides is 1. The summed E-state index contributed by atoms with van der Waals surface area (Å²) < 4.78 is 18.1. The van der Waals surface area contributed by atoms with Crippen LogP contribution in [0.4, 0.5) is 4.39 Å². The zero-order chi connectivity index (χ0) is 17.7. The Morgan fingerprint density at radius 3 is 2.62 bits per heavy atom. The number of benzene rings is 1. The summed E-state index contributed by atoms with van der Waals surface area (Å²) in [6.07, 6.45) is 2.85. The lowest BCUT2D eigenvalue weighted by Crippen LogP contribution is -2.52. The van der Waals surface area contributed by atoms with E-state index in [0.29, 0.717) is 12.8 Å². The third-order valence-electron chi connectivity index (χ3n) is 4.09. The molecular formula is C17H18ClFN2O3. The molecule has 5 nitrogen and oxygen atoms in total. The van der Waals surface area contributed by atoms with Crippen LogP contribution < -0.4 is 5.32 Å². The van der Waals surface area contributed by atoms with E-state index in [9.17, 15) is 19.2 Å². The maximum Gasteiger partial charge on any atom is 0.340 e. The quantitative estimate of drug-likeness (QED) is 0.842. The topological polar surface area (TPSA) is 79.2 Å². The number of hydrogen-bond donors (Lipinski definition) is 1. The Morgan fingerprint density at radius 2 is 2.04 bits per heavy atom. The molecule has 1 atom stereocenters. The molecule has 1 aromatic rings. The Hall–Kier alpha value is -2.13. The van der Waals surface area contributed by atoms with Crippen LogP contribution in [0.15, 0.2) is 18.2 Å². The standard InChI is InChI=1S/C17H18ClFN2O3/c1-11(15(22)21-17(10-20)7-3-2-4-8-17)24-16(23)13-6-5-12(19)9-14(13)18/h5-6,9,11H,2-4,7-8H2,1H3,(H,21,22). The van der Waals surface area contributed by atoms with Crippen molar-refractivity contribution in [2.75, 3.05) is 0 Å². The Labute approximate surface area is 144 Å². The summed E-state index contributed by atoms with van der Waals surface area (Å²) in [6.45, 7) is 1.42. The molecule has 1 N–H and O–H groups in total. The van der Waals surface area contributed by atoms with E-state index < -0.39 is 29.3 Å². The summed E-state index contributed by atoms with van der Waals surface area (Å²) in [5.74, 6) is -1.93. The van der Waals surface area contributed by atoms with Gasteiger partial charge < -0.3 is 10.1 Å². The van der Waals surface area contributed by atoms with E-state index in [2.05, 4.69) is 11.4 Å². The molecule has 1 amide bonds. The van der Waals surface area contributed by atoms with Crippen LogP contribution in [0.5, 0.6) is 0 Å². The predicted octanol–water partition coefficient (Wildman–Crippen LogP) is 3.37. The number of nitrogens with zero attached hydrogens (tertiary/aromatic N) is 1. The lowest BCUT2D eigenvalue weighted by Gasteiger charge is -2.32. The van der Waals surface area contributed by atoms with E-state index in [0.717, 1.165) is 31.4 Å². The van der Waals surface area contributed by atoms with Crippen LogP contribution in [-0.2, 0) is 9.53 Å². The minimum atomic E-state index is -1.09. The van der Waals surface area contributed by atoms with Crippen molar-refractivity contribution in [2.45, 2.75) is 50.7 Å². The van der Waals surface area contributed by atoms with Gasteiger partial charge in [-0.3, -0.25) is 4.79 Å². The van der Waals surface area contributed by atoms with Crippen molar-refractivity contribution in [2.24, 2.45) is 0 Å². The molecule has 0 aliphatic heterocycles. The second kappa shape index (κ2) is 7.63. The van der Waals surface area contributed by atoms with E-state index >= 15 is 0 Å². The predicted molar refractivity (Wildman–Crippen MR) is 85.9 cm³/mol. The van der Waals surface area contributed by atoms with Gasteiger partial charge in [-0.05, 0) is 38.0 Å². The molecule has 0 bridgehead atoms. The number of halogens is 2. The SMILES string of the molecule is CC(OC(=O)c1ccc(F)cc1Cl)C(=O)NC1(C#N)CCCCC1. The summed E-state index contributed by atoms with van der Waals surface area (Å²) in [7, 11) is 0. The van der Waals surface area contributed by atoms with Crippen LogP contribution in [-0.4, -0.2) is 23.5 Å². The van der Waals surface area contributed by atoms with Gasteiger partial charge in [0, 0.05) is 0 Å². The number of nitriles is 1. The van der Waals surface area contributed by atoms with E-state index in [1.165, 1.54) is 13.0 Å². The molecule has 2 rings (SSSR count). The average Bonchev–Trinajstić information content (AvgIpc) is 2.55. The molecule has 0 heterocycles. The zero-order valence-electron chi connectivity index (χ0n) is 13.3. The number of carbonyl (C=O) groups excluding carboxylic acids is 2. The van der Waals surface area contributed by atoms with Gasteiger partial charge in [-0.25, -0.2) is 9.18 Å². The number of ether oxygens (including phenoxy) is 1. The van der Waals surface area contributed by atoms with Crippen LogP contribution in [0, 0.1) is 17.1 Å². The van der Waals surface area contributed by atoms with Crippen molar-refractivity contribution in [3.05, 3.63) is 34.6 Å². The smallest absolute Gasteiger partial charge is 0.340 e. The van der Waals surface area contributed by atoms with Gasteiger partial charge in [0.05, 0.1) is 16.7 Å². The van der Waals surface area contributed by atoms with E-state index in [1.807, 2.05) is 0 Å². The third kappa shape index (κ3) is 4.24. The fraction of sp³-hybridized carbons (Fsp3) is 0.471. The van der Waals surface area contributed by atoms with Crippen LogP contribution in [0.3, 0.4) is 0 Å². The van der Waals surface area contributed by atoms with Gasteiger partial charge in [-0.15, -0.1) is 0 Å². The van der Waals surface area contributed by atoms with Crippen molar-refractivity contribution in [3.8, 4) is 6.07 Å². The minimum absolute atomic E-state index is 0.0228. The van der Waals surface area contributed by atoms with Gasteiger partial charge >= 0.3 is 5.97 Å². The molecule has 1 saturated carbocycles. The fourth-order valence-corrected chi connectivity index (χ4v) is 2.93. The van der Waals surface area contributed by atoms with Crippen molar-refractivity contribution < 1.29 is 18.7 Å². The van der Waals surface area contributed by atoms with Crippen molar-refractivity contribution in [1.29, 1.82) is 5.26 Å². The number of hydrogen-bond acceptors (Lipinski definition) is 4. The number of nitrogens with one attached hydrogen (secondary N) is 1. The second-order valence-electron chi connectivity index (χ2n) is 5.92. The molecule has 128 valence electrons. The van der Waals surface area contributed by atoms with Crippen LogP contribution >= 0.6 is 11.6 Å². The molecule has 0 saturated heterocycles. The highest BCUT2D eigenvalue weighted by Gasteiger charge is 2.35. The molecule has 1 unspecified atom stereocenters. The first-order chi connectivity index (χ1) is 11.4. The fourth-order valence-electron chi connectivity index (χ4n) is 2.69. The van der Waals surface area contributed by atoms with Gasteiger partial charge in [-0.2, -0.15) is 5.26 Å². The summed E-state index contributed by atoms with van der Waals surface area (Å²) in [5.41, 5.74) is -0.922. The average molecular weight is 353 g/mol. The van der Waals surface area contributed by atoms with Crippen LogP contribution in [0.1, 0.15) is 49.4 Å². The molecule has 1 aliphatic rings. The summed E-state index contributed by atoms with van der Waals surface area (Å²) in [4.78, 5) is 24.3. The molecule has 1 fully saturated rings. The van der Waals surface area contributed by atoms with E-state index in [4.69, 9.17) is 16.3 Å². The summed E-state index contributed by atoms with van der Waals surface area (Å²) >= 11 is 5.80. The molecule has 0 radical (unpaired) electrons. The van der Waals surface area contributed by atoms with Crippen molar-refractivity contribution in [1.82, 2.24) is 5.32 Å². The first-order valence-corrected chi connectivity index (χ1v) is 8.14. The lowest BCUT2D eigenvalue weighted by molar-refractivity contribution is -0.130. The monoisotopic (exact) mass is 352 g/mol. The van der Waals surface area contributed by atoms with Crippen molar-refractivity contribution >= 4 is 23.5 Å². The molecule has 7 heteroatoms. The first-order valence-electron chi connectivity index (χ1n) is 7.76. The molecule has 24 heavy (non-hydrogen) atoms. The maximum atomic E-state index is 13.0. The largest absolute Gasteiger partial charge is 0.449 e. The van der Waals surface area contributed by atoms with Crippen LogP contribution in [0.2, 0.25) is 5.02 Å². The van der Waals surface area contributed by atoms with E-state index in [1.54, 1.807) is 0 Å². The number of carbonyl (C=O) groups is 2. The van der Waals surface area contributed by atoms with Gasteiger partial charge in [0.1, 0.15) is 11.4 Å². The molecule has 0 aromatic heterocycles. The molecule has 1 aliphatic carbocycles. The number of rotatable bonds is 4. The van der Waals surface area contributed by atoms with Gasteiger partial charge in [0.2, 0.25) is 0 Å². The minimum Gasteiger partial charge on any atom is -0.449 e. The zero-order valence-corrected chi connectivity index (χ0v) is 14.0. The lowest BCUT2D eigenvalue weighted by atomic mass is 9.83. The normalized spacial score (nSPS) is 17.4. The maximum absolute atomic E-state index is 13.0. The van der Waals surface area contributed by atoms with Gasteiger partial charge in [-0.1, -0.05) is 30.9 Å². The number of esters is 1. The Bertz CT molecular complexity index is 681. The summed E-state index contributed by atoms with van der Waals surface area (Å²) in [6, 6.07) is 5.44. The van der Waals surface area contributed by atoms with Crippen molar-refractivity contribution in [3.63, 3.8) is 0 Å². The Balaban J connectivity index is 2.00. The molecule has 0 spiro atoms. The van der Waals surface area contributed by atoms with Crippen LogP contribution in [0.25, 0.3) is 0 Å². The summed E-state index contributed by atoms with van der Waals surface area (Å²) in [5, 5.41) is 12.0. The van der Waals surface area contributed by atoms with Gasteiger partial charge in [0.15, 0.2) is 6.10 Å². The second-order valence-corrected chi connectivity index (χ2v) is 6.32. The molecular weight excluding hydrogens is 335 g/mol. The highest BCUT2D eigenvalue weighted by molar-refractivity contribution is 6.33. The first kappa shape index (κ1) is 18.2. The highest BCUT2D eigenvalue weighted by Crippen LogP contribution is 2.27. The van der Waals surface area contributed by atoms with Gasteiger partial charge in [0.25, 0.3) is 5.91 Å². The Kier molecular flexibility index (Phi) is 5.79. The highest BCUT2D eigenvalue weighted by atomic mass is 35.5. The Morgan fingerprint density at radius 1 is 1.38 bits per heavy atom. The van der Waals surface area contributed by atoms with E-state index in [-0.39, 0.29) is 10.6 Å². The third-order valence-corrected chi connectivity index (χ3v) is 4.40.